The third-order valence-electron chi connectivity index (χ3n) is 4.90. The van der Waals surface area contributed by atoms with E-state index in [1.165, 1.54) is 31.2 Å². The molecule has 1 aliphatic carbocycles. The van der Waals surface area contributed by atoms with E-state index in [0.29, 0.717) is 11.8 Å². The van der Waals surface area contributed by atoms with Crippen LogP contribution in [0, 0.1) is 0 Å². The lowest BCUT2D eigenvalue weighted by molar-refractivity contribution is 0.196. The number of benzene rings is 1. The zero-order valence-electron chi connectivity index (χ0n) is 13.7. The molecule has 5 nitrogen and oxygen atoms in total. The van der Waals surface area contributed by atoms with Crippen LogP contribution in [-0.4, -0.2) is 40.3 Å². The number of rotatable bonds is 5. The number of hydrogen-bond acceptors (Lipinski definition) is 4. The molecule has 5 heteroatoms. The Kier molecular flexibility index (Phi) is 4.04. The van der Waals surface area contributed by atoms with Gasteiger partial charge in [-0.25, -0.2) is 4.98 Å². The van der Waals surface area contributed by atoms with Gasteiger partial charge in [-0.3, -0.25) is 10.00 Å². The summed E-state index contributed by atoms with van der Waals surface area (Å²) >= 11 is 0. The minimum Gasteiger partial charge on any atom is -0.497 e. The smallest absolute Gasteiger partial charge is 0.155 e. The predicted octanol–water partition coefficient (Wildman–Crippen LogP) is 3.07. The second-order valence-corrected chi connectivity index (χ2v) is 6.78. The Labute approximate surface area is 137 Å². The second kappa shape index (κ2) is 6.32. The van der Waals surface area contributed by atoms with E-state index in [1.807, 2.05) is 6.07 Å². The number of likely N-dealkylation sites (tertiary alicyclic amines) is 1. The number of nitrogens with zero attached hydrogens (tertiary/aromatic N) is 3. The maximum atomic E-state index is 5.32. The molecule has 1 atom stereocenters. The quantitative estimate of drug-likeness (QED) is 0.922. The maximum Gasteiger partial charge on any atom is 0.155 e. The molecule has 1 aromatic carbocycles. The second-order valence-electron chi connectivity index (χ2n) is 6.78. The molecule has 122 valence electrons. The molecule has 1 saturated carbocycles. The van der Waals surface area contributed by atoms with Crippen LogP contribution in [0.2, 0.25) is 0 Å². The van der Waals surface area contributed by atoms with Gasteiger partial charge in [0.2, 0.25) is 0 Å². The highest BCUT2D eigenvalue weighted by molar-refractivity contribution is 5.28. The number of piperidine rings is 1. The fraction of sp³-hybridized carbons (Fsp3) is 0.556. The Morgan fingerprint density at radius 3 is 3.00 bits per heavy atom. The van der Waals surface area contributed by atoms with E-state index < -0.39 is 0 Å². The molecule has 1 aromatic heterocycles. The third-order valence-corrected chi connectivity index (χ3v) is 4.90. The van der Waals surface area contributed by atoms with Crippen LogP contribution in [0.25, 0.3) is 0 Å². The van der Waals surface area contributed by atoms with E-state index in [-0.39, 0.29) is 0 Å². The largest absolute Gasteiger partial charge is 0.497 e. The molecule has 4 rings (SSSR count). The van der Waals surface area contributed by atoms with Crippen molar-refractivity contribution >= 4 is 0 Å². The molecule has 0 radical (unpaired) electrons. The summed E-state index contributed by atoms with van der Waals surface area (Å²) in [5.41, 5.74) is 1.30. The summed E-state index contributed by atoms with van der Waals surface area (Å²) in [5, 5.41) is 7.64. The highest BCUT2D eigenvalue weighted by Crippen LogP contribution is 2.38. The van der Waals surface area contributed by atoms with Gasteiger partial charge in [0.05, 0.1) is 7.11 Å². The third kappa shape index (κ3) is 3.39. The number of nitrogens with one attached hydrogen (secondary N) is 1. The number of aromatic nitrogens is 3. The topological polar surface area (TPSA) is 54.0 Å². The van der Waals surface area contributed by atoms with Gasteiger partial charge in [0.15, 0.2) is 5.82 Å². The van der Waals surface area contributed by atoms with Crippen LogP contribution >= 0.6 is 0 Å². The first kappa shape index (κ1) is 14.7. The maximum absolute atomic E-state index is 5.32. The van der Waals surface area contributed by atoms with Crippen molar-refractivity contribution < 1.29 is 4.74 Å². The van der Waals surface area contributed by atoms with Crippen molar-refractivity contribution in [3.05, 3.63) is 41.5 Å². The molecule has 0 unspecified atom stereocenters. The van der Waals surface area contributed by atoms with Gasteiger partial charge in [-0.2, -0.15) is 5.10 Å². The molecule has 23 heavy (non-hydrogen) atoms. The summed E-state index contributed by atoms with van der Waals surface area (Å²) in [4.78, 5) is 7.26. The van der Waals surface area contributed by atoms with Crippen molar-refractivity contribution in [2.24, 2.45) is 0 Å². The summed E-state index contributed by atoms with van der Waals surface area (Å²) in [6.07, 6.45) is 4.93. The Hall–Kier alpha value is -1.88. The molecule has 2 heterocycles. The van der Waals surface area contributed by atoms with Crippen LogP contribution in [-0.2, 0) is 6.54 Å². The van der Waals surface area contributed by atoms with E-state index in [0.717, 1.165) is 37.0 Å². The van der Waals surface area contributed by atoms with E-state index >= 15 is 0 Å². The van der Waals surface area contributed by atoms with Gasteiger partial charge >= 0.3 is 0 Å². The predicted molar refractivity (Wildman–Crippen MR) is 88.6 cm³/mol. The van der Waals surface area contributed by atoms with Crippen molar-refractivity contribution in [1.82, 2.24) is 20.1 Å². The molecular formula is C18H24N4O. The van der Waals surface area contributed by atoms with Gasteiger partial charge in [-0.05, 0) is 49.9 Å². The molecule has 2 aliphatic rings. The van der Waals surface area contributed by atoms with Crippen molar-refractivity contribution in [2.75, 3.05) is 20.2 Å². The number of methoxy groups -OCH3 is 1. The lowest BCUT2D eigenvalue weighted by atomic mass is 9.97. The summed E-state index contributed by atoms with van der Waals surface area (Å²) in [6, 6.07) is 8.36. The van der Waals surface area contributed by atoms with Gasteiger partial charge in [-0.1, -0.05) is 12.1 Å². The Morgan fingerprint density at radius 1 is 1.26 bits per heavy atom. The van der Waals surface area contributed by atoms with Crippen molar-refractivity contribution in [3.8, 4) is 5.75 Å². The molecule has 2 fully saturated rings. The number of ether oxygens (including phenoxy) is 1. The lowest BCUT2D eigenvalue weighted by Crippen LogP contribution is -2.34. The standard InChI is InChI=1S/C18H24N4O/c1-23-16-6-2-4-13(10-16)11-22-9-3-5-15(12-22)18-19-17(20-21-18)14-7-8-14/h2,4,6,10,14-15H,3,5,7-9,11-12H2,1H3,(H,19,20,21)/t15-/m1/s1. The first-order chi connectivity index (χ1) is 11.3. The fourth-order valence-corrected chi connectivity index (χ4v) is 3.45. The molecule has 1 aliphatic heterocycles. The monoisotopic (exact) mass is 312 g/mol. The first-order valence-corrected chi connectivity index (χ1v) is 8.59. The van der Waals surface area contributed by atoms with Crippen molar-refractivity contribution in [1.29, 1.82) is 0 Å². The average molecular weight is 312 g/mol. The highest BCUT2D eigenvalue weighted by Gasteiger charge is 2.30. The number of aromatic amines is 1. The molecule has 0 spiro atoms. The van der Waals surface area contributed by atoms with E-state index in [2.05, 4.69) is 33.3 Å². The van der Waals surface area contributed by atoms with Gasteiger partial charge < -0.3 is 4.74 Å². The van der Waals surface area contributed by atoms with Gasteiger partial charge in [0.25, 0.3) is 0 Å². The minimum atomic E-state index is 0.457. The zero-order valence-corrected chi connectivity index (χ0v) is 13.7. The van der Waals surface area contributed by atoms with E-state index in [1.54, 1.807) is 7.11 Å². The first-order valence-electron chi connectivity index (χ1n) is 8.59. The SMILES string of the molecule is COc1cccc(CN2CCC[C@@H](c3n[nH]c(C4CC4)n3)C2)c1. The van der Waals surface area contributed by atoms with Gasteiger partial charge in [0, 0.05) is 24.9 Å². The van der Waals surface area contributed by atoms with Crippen LogP contribution in [0.15, 0.2) is 24.3 Å². The number of H-pyrrole nitrogens is 1. The van der Waals surface area contributed by atoms with E-state index in [9.17, 15) is 0 Å². The minimum absolute atomic E-state index is 0.457. The lowest BCUT2D eigenvalue weighted by Gasteiger charge is -2.31. The molecule has 0 bridgehead atoms. The average Bonchev–Trinajstić information content (AvgIpc) is 3.32. The summed E-state index contributed by atoms with van der Waals surface area (Å²) in [5.74, 6) is 4.15. The zero-order chi connectivity index (χ0) is 15.6. The summed E-state index contributed by atoms with van der Waals surface area (Å²) in [7, 11) is 1.72. The van der Waals surface area contributed by atoms with Crippen LogP contribution in [0.4, 0.5) is 0 Å². The normalized spacial score (nSPS) is 22.2. The van der Waals surface area contributed by atoms with Crippen LogP contribution in [0.3, 0.4) is 0 Å². The van der Waals surface area contributed by atoms with Crippen LogP contribution < -0.4 is 4.74 Å². The molecule has 0 amide bonds. The summed E-state index contributed by atoms with van der Waals surface area (Å²) in [6.45, 7) is 3.15. The van der Waals surface area contributed by atoms with Gasteiger partial charge in [-0.15, -0.1) is 0 Å². The highest BCUT2D eigenvalue weighted by atomic mass is 16.5. The van der Waals surface area contributed by atoms with Crippen molar-refractivity contribution in [2.45, 2.75) is 44.1 Å². The molecule has 1 saturated heterocycles. The fourth-order valence-electron chi connectivity index (χ4n) is 3.45. The number of hydrogen-bond donors (Lipinski definition) is 1. The molecule has 2 aromatic rings. The van der Waals surface area contributed by atoms with Crippen molar-refractivity contribution in [3.63, 3.8) is 0 Å². The van der Waals surface area contributed by atoms with Gasteiger partial charge in [0.1, 0.15) is 11.6 Å². The van der Waals surface area contributed by atoms with Crippen LogP contribution in [0.1, 0.15) is 54.7 Å². The Morgan fingerprint density at radius 2 is 2.17 bits per heavy atom. The van der Waals surface area contributed by atoms with E-state index in [4.69, 9.17) is 9.72 Å². The summed E-state index contributed by atoms with van der Waals surface area (Å²) < 4.78 is 5.32. The Bertz CT molecular complexity index is 665. The molecule has 1 N–H and O–H groups in total. The molecular weight excluding hydrogens is 288 g/mol. The Balaban J connectivity index is 1.41. The van der Waals surface area contributed by atoms with Crippen LogP contribution in [0.5, 0.6) is 5.75 Å².